The molecule has 3 atom stereocenters. The van der Waals surface area contributed by atoms with Crippen molar-refractivity contribution in [2.45, 2.75) is 72.5 Å². The molecule has 1 spiro atoms. The summed E-state index contributed by atoms with van der Waals surface area (Å²) < 4.78 is 12.3. The summed E-state index contributed by atoms with van der Waals surface area (Å²) in [5.41, 5.74) is 0.847. The van der Waals surface area contributed by atoms with Gasteiger partial charge in [-0.25, -0.2) is 0 Å². The molecule has 0 bridgehead atoms. The fourth-order valence-corrected chi connectivity index (χ4v) is 6.38. The van der Waals surface area contributed by atoms with Crippen LogP contribution in [0.2, 0.25) is 0 Å². The number of carbonyl (C=O) groups is 1. The second-order valence-corrected chi connectivity index (χ2v) is 9.79. The zero-order valence-corrected chi connectivity index (χ0v) is 15.9. The van der Waals surface area contributed by atoms with E-state index in [1.165, 1.54) is 12.0 Å². The highest BCUT2D eigenvalue weighted by atomic mass is 16.7. The maximum absolute atomic E-state index is 13.5. The molecule has 0 aromatic rings. The highest BCUT2D eigenvalue weighted by molar-refractivity contribution is 5.91. The molecule has 0 N–H and O–H groups in total. The van der Waals surface area contributed by atoms with Gasteiger partial charge in [0.2, 0.25) is 0 Å². The fourth-order valence-electron chi connectivity index (χ4n) is 6.38. The fraction of sp³-hybridized carbons (Fsp3) is 0.857. The summed E-state index contributed by atoms with van der Waals surface area (Å²) in [6.07, 6.45) is 7.58. The zero-order chi connectivity index (χ0) is 17.4. The van der Waals surface area contributed by atoms with Crippen LogP contribution in [0, 0.1) is 28.1 Å². The normalized spacial score (nSPS) is 42.4. The van der Waals surface area contributed by atoms with Crippen molar-refractivity contribution >= 4 is 5.78 Å². The van der Waals surface area contributed by atoms with Gasteiger partial charge in [-0.2, -0.15) is 0 Å². The molecule has 0 unspecified atom stereocenters. The van der Waals surface area contributed by atoms with Gasteiger partial charge in [0.15, 0.2) is 5.79 Å². The Labute approximate surface area is 146 Å². The van der Waals surface area contributed by atoms with Gasteiger partial charge in [-0.15, -0.1) is 0 Å². The molecule has 3 heteroatoms. The molecule has 0 aromatic carbocycles. The summed E-state index contributed by atoms with van der Waals surface area (Å²) in [5.74, 6) is 0.854. The van der Waals surface area contributed by atoms with Gasteiger partial charge in [0, 0.05) is 22.7 Å². The van der Waals surface area contributed by atoms with Crippen molar-refractivity contribution < 1.29 is 14.3 Å². The third-order valence-corrected chi connectivity index (χ3v) is 7.98. The molecule has 2 saturated carbocycles. The van der Waals surface area contributed by atoms with Crippen molar-refractivity contribution in [3.8, 4) is 0 Å². The van der Waals surface area contributed by atoms with Gasteiger partial charge < -0.3 is 9.47 Å². The van der Waals surface area contributed by atoms with Crippen LogP contribution in [-0.4, -0.2) is 24.8 Å². The molecule has 1 saturated heterocycles. The predicted octanol–water partition coefficient (Wildman–Crippen LogP) is 4.51. The Morgan fingerprint density at radius 3 is 2.33 bits per heavy atom. The number of fused-ring (bicyclic) bond motifs is 3. The number of Topliss-reactive ketones (excluding diaryl/α,β-unsaturated/α-hetero) is 1. The van der Waals surface area contributed by atoms with E-state index in [9.17, 15) is 4.79 Å². The summed E-state index contributed by atoms with van der Waals surface area (Å²) in [5, 5.41) is 0. The molecule has 24 heavy (non-hydrogen) atoms. The number of hydrogen-bond acceptors (Lipinski definition) is 3. The molecular weight excluding hydrogens is 300 g/mol. The van der Waals surface area contributed by atoms with Gasteiger partial charge in [0.25, 0.3) is 0 Å². The van der Waals surface area contributed by atoms with Crippen LogP contribution in [-0.2, 0) is 14.3 Å². The van der Waals surface area contributed by atoms with E-state index in [4.69, 9.17) is 9.47 Å². The quantitative estimate of drug-likeness (QED) is 0.612. The van der Waals surface area contributed by atoms with Crippen LogP contribution in [0.15, 0.2) is 11.6 Å². The first-order valence-electron chi connectivity index (χ1n) is 9.68. The lowest BCUT2D eigenvalue weighted by atomic mass is 9.45. The molecule has 3 fully saturated rings. The molecule has 0 aromatic heterocycles. The lowest BCUT2D eigenvalue weighted by molar-refractivity contribution is -0.240. The maximum Gasteiger partial charge on any atom is 0.177 e. The van der Waals surface area contributed by atoms with E-state index in [2.05, 4.69) is 40.7 Å². The lowest BCUT2D eigenvalue weighted by Crippen LogP contribution is -2.60. The third-order valence-electron chi connectivity index (χ3n) is 7.98. The van der Waals surface area contributed by atoms with Crippen LogP contribution in [0.3, 0.4) is 0 Å². The number of carbonyl (C=O) groups excluding carboxylic acids is 1. The van der Waals surface area contributed by atoms with Crippen molar-refractivity contribution in [1.82, 2.24) is 0 Å². The van der Waals surface area contributed by atoms with Gasteiger partial charge >= 0.3 is 0 Å². The molecule has 0 amide bonds. The standard InChI is InChI=1S/C21H32O3/c1-18(2)10-8-14-6-7-15-16(20(14,5)17(18)22)9-11-21(19(15,3)4)23-12-13-24-21/h7,14,16H,6,8-13H2,1-5H3/t14-,16+,20+/m0/s1. The van der Waals surface area contributed by atoms with E-state index in [0.717, 1.165) is 25.7 Å². The van der Waals surface area contributed by atoms with E-state index < -0.39 is 5.79 Å². The Balaban J connectivity index is 1.78. The van der Waals surface area contributed by atoms with E-state index in [1.807, 2.05) is 0 Å². The predicted molar refractivity (Wildman–Crippen MR) is 93.5 cm³/mol. The summed E-state index contributed by atoms with van der Waals surface area (Å²) in [4.78, 5) is 13.5. The average Bonchev–Trinajstić information content (AvgIpc) is 2.99. The van der Waals surface area contributed by atoms with Gasteiger partial charge in [-0.05, 0) is 37.5 Å². The minimum atomic E-state index is -0.480. The van der Waals surface area contributed by atoms with Gasteiger partial charge in [-0.1, -0.05) is 46.3 Å². The topological polar surface area (TPSA) is 35.5 Å². The van der Waals surface area contributed by atoms with E-state index in [1.54, 1.807) is 0 Å². The lowest BCUT2D eigenvalue weighted by Gasteiger charge is -2.60. The third kappa shape index (κ3) is 1.89. The van der Waals surface area contributed by atoms with Gasteiger partial charge in [0.1, 0.15) is 5.78 Å². The molecule has 4 rings (SSSR count). The molecule has 4 aliphatic rings. The number of allylic oxidation sites excluding steroid dienone is 1. The molecular formula is C21H32O3. The first kappa shape index (κ1) is 16.8. The smallest absolute Gasteiger partial charge is 0.177 e. The highest BCUT2D eigenvalue weighted by Crippen LogP contribution is 2.64. The number of rotatable bonds is 0. The first-order chi connectivity index (χ1) is 11.2. The SMILES string of the molecule is CC1(C)CC[C@@H]2CC=C3[C@@H](CCC4(OCCO4)C3(C)C)[C@]2(C)C1=O. The molecule has 1 heterocycles. The number of hydrogen-bond donors (Lipinski definition) is 0. The highest BCUT2D eigenvalue weighted by Gasteiger charge is 2.64. The minimum absolute atomic E-state index is 0.164. The van der Waals surface area contributed by atoms with Crippen molar-refractivity contribution in [3.63, 3.8) is 0 Å². The Kier molecular flexibility index (Phi) is 3.46. The van der Waals surface area contributed by atoms with Crippen LogP contribution < -0.4 is 0 Å². The van der Waals surface area contributed by atoms with Gasteiger partial charge in [0.05, 0.1) is 13.2 Å². The summed E-state index contributed by atoms with van der Waals surface area (Å²) in [7, 11) is 0. The Bertz CT molecular complexity index is 594. The molecule has 3 nitrogen and oxygen atoms in total. The summed E-state index contributed by atoms with van der Waals surface area (Å²) in [6.45, 7) is 12.5. The van der Waals surface area contributed by atoms with Crippen molar-refractivity contribution in [3.05, 3.63) is 11.6 Å². The van der Waals surface area contributed by atoms with Crippen molar-refractivity contribution in [2.24, 2.45) is 28.1 Å². The van der Waals surface area contributed by atoms with Crippen LogP contribution in [0.4, 0.5) is 0 Å². The Morgan fingerprint density at radius 2 is 1.67 bits per heavy atom. The number of ketones is 1. The molecule has 3 aliphatic carbocycles. The summed E-state index contributed by atoms with van der Waals surface area (Å²) >= 11 is 0. The molecule has 1 aliphatic heterocycles. The largest absolute Gasteiger partial charge is 0.347 e. The van der Waals surface area contributed by atoms with Crippen LogP contribution in [0.5, 0.6) is 0 Å². The second kappa shape index (κ2) is 4.94. The zero-order valence-electron chi connectivity index (χ0n) is 15.9. The van der Waals surface area contributed by atoms with E-state index in [0.29, 0.717) is 30.8 Å². The van der Waals surface area contributed by atoms with Crippen molar-refractivity contribution in [1.29, 1.82) is 0 Å². The van der Waals surface area contributed by atoms with Gasteiger partial charge in [-0.3, -0.25) is 4.79 Å². The second-order valence-electron chi connectivity index (χ2n) is 9.79. The van der Waals surface area contributed by atoms with Crippen molar-refractivity contribution in [2.75, 3.05) is 13.2 Å². The maximum atomic E-state index is 13.5. The Hall–Kier alpha value is -0.670. The summed E-state index contributed by atoms with van der Waals surface area (Å²) in [6, 6.07) is 0. The monoisotopic (exact) mass is 332 g/mol. The van der Waals surface area contributed by atoms with Crippen LogP contribution in [0.1, 0.15) is 66.7 Å². The van der Waals surface area contributed by atoms with Crippen LogP contribution >= 0.6 is 0 Å². The molecule has 0 radical (unpaired) electrons. The van der Waals surface area contributed by atoms with Crippen LogP contribution in [0.25, 0.3) is 0 Å². The molecule has 134 valence electrons. The van der Waals surface area contributed by atoms with E-state index in [-0.39, 0.29) is 16.2 Å². The average molecular weight is 332 g/mol. The minimum Gasteiger partial charge on any atom is -0.347 e. The van der Waals surface area contributed by atoms with E-state index >= 15 is 0 Å². The Morgan fingerprint density at radius 1 is 1.00 bits per heavy atom. The number of ether oxygens (including phenoxy) is 2. The first-order valence-corrected chi connectivity index (χ1v) is 9.68.